The maximum atomic E-state index is 11.8. The highest BCUT2D eigenvalue weighted by Gasteiger charge is 2.28. The smallest absolute Gasteiger partial charge is 0.225 e. The minimum atomic E-state index is 0.123. The number of carbonyl (C=O) groups excluding carboxylic acids is 1. The highest BCUT2D eigenvalue weighted by Crippen LogP contribution is 2.15. The molecule has 1 fully saturated rings. The van der Waals surface area contributed by atoms with Gasteiger partial charge in [0.25, 0.3) is 0 Å². The van der Waals surface area contributed by atoms with Crippen LogP contribution in [0.3, 0.4) is 0 Å². The van der Waals surface area contributed by atoms with Gasteiger partial charge in [-0.3, -0.25) is 9.78 Å². The summed E-state index contributed by atoms with van der Waals surface area (Å²) in [5.74, 6) is 0.277. The fraction of sp³-hybridized carbons (Fsp3) is 0.600. The summed E-state index contributed by atoms with van der Waals surface area (Å²) < 4.78 is 0. The lowest BCUT2D eigenvalue weighted by molar-refractivity contribution is -0.125. The summed E-state index contributed by atoms with van der Waals surface area (Å²) in [6.07, 6.45) is 2.73. The van der Waals surface area contributed by atoms with Crippen LogP contribution in [0.5, 0.6) is 0 Å². The molecule has 1 amide bonds. The molecule has 15 heavy (non-hydrogen) atoms. The lowest BCUT2D eigenvalue weighted by Crippen LogP contribution is -2.36. The normalized spacial score (nSPS) is 25.4. The number of hydrogen-bond donors (Lipinski definition) is 2. The molecule has 4 nitrogen and oxygen atoms in total. The Morgan fingerprint density at radius 3 is 3.27 bits per heavy atom. The lowest BCUT2D eigenvalue weighted by atomic mass is 10.0. The Bertz CT molecular complexity index is 325. The predicted molar refractivity (Wildman–Crippen MR) is 59.5 cm³/mol. The Balaban J connectivity index is 1.82. The van der Waals surface area contributed by atoms with E-state index in [1.54, 1.807) is 23.0 Å². The minimum Gasteiger partial charge on any atom is -0.351 e. The molecule has 5 heteroatoms. The summed E-state index contributed by atoms with van der Waals surface area (Å²) in [4.78, 5) is 16.9. The second-order valence-corrected chi connectivity index (χ2v) is 4.79. The van der Waals surface area contributed by atoms with Gasteiger partial charge in [-0.15, -0.1) is 11.3 Å². The van der Waals surface area contributed by atoms with Crippen LogP contribution in [0.15, 0.2) is 11.7 Å². The van der Waals surface area contributed by atoms with Gasteiger partial charge in [0, 0.05) is 17.1 Å². The second kappa shape index (κ2) is 4.72. The van der Waals surface area contributed by atoms with Gasteiger partial charge >= 0.3 is 0 Å². The Labute approximate surface area is 93.1 Å². The van der Waals surface area contributed by atoms with E-state index in [9.17, 15) is 4.79 Å². The van der Waals surface area contributed by atoms with Gasteiger partial charge in [-0.2, -0.15) is 0 Å². The average molecular weight is 225 g/mol. The molecule has 2 N–H and O–H groups in total. The molecule has 0 radical (unpaired) electrons. The van der Waals surface area contributed by atoms with Crippen LogP contribution in [-0.2, 0) is 11.3 Å². The Morgan fingerprint density at radius 1 is 1.80 bits per heavy atom. The standard InChI is InChI=1S/C10H15N3OS/c1-7-9(2-3-12-7)10(14)13-5-8-4-11-6-15-8/h4,6-7,9,12H,2-3,5H2,1H3,(H,13,14). The van der Waals surface area contributed by atoms with Crippen molar-refractivity contribution in [3.63, 3.8) is 0 Å². The monoisotopic (exact) mass is 225 g/mol. The van der Waals surface area contributed by atoms with Crippen LogP contribution in [0.2, 0.25) is 0 Å². The van der Waals surface area contributed by atoms with Crippen LogP contribution in [0, 0.1) is 5.92 Å². The van der Waals surface area contributed by atoms with Crippen LogP contribution in [-0.4, -0.2) is 23.5 Å². The van der Waals surface area contributed by atoms with Crippen molar-refractivity contribution in [2.24, 2.45) is 5.92 Å². The third-order valence-corrected chi connectivity index (χ3v) is 3.56. The Kier molecular flexibility index (Phi) is 3.33. The molecule has 2 atom stereocenters. The minimum absolute atomic E-state index is 0.123. The van der Waals surface area contributed by atoms with E-state index in [0.717, 1.165) is 17.8 Å². The Hall–Kier alpha value is -0.940. The van der Waals surface area contributed by atoms with Gasteiger partial charge in [-0.05, 0) is 19.9 Å². The van der Waals surface area contributed by atoms with E-state index in [1.807, 2.05) is 0 Å². The summed E-state index contributed by atoms with van der Waals surface area (Å²) in [5, 5.41) is 6.22. The molecule has 1 aliphatic rings. The first-order valence-electron chi connectivity index (χ1n) is 5.16. The number of nitrogens with one attached hydrogen (secondary N) is 2. The Morgan fingerprint density at radius 2 is 2.67 bits per heavy atom. The van der Waals surface area contributed by atoms with Crippen LogP contribution in [0.4, 0.5) is 0 Å². The van der Waals surface area contributed by atoms with Crippen molar-refractivity contribution in [1.29, 1.82) is 0 Å². The van der Waals surface area contributed by atoms with Gasteiger partial charge in [0.15, 0.2) is 0 Å². The quantitative estimate of drug-likeness (QED) is 0.798. The summed E-state index contributed by atoms with van der Waals surface area (Å²) in [6.45, 7) is 3.61. The van der Waals surface area contributed by atoms with E-state index in [2.05, 4.69) is 22.5 Å². The van der Waals surface area contributed by atoms with Crippen molar-refractivity contribution in [2.75, 3.05) is 6.54 Å². The van der Waals surface area contributed by atoms with E-state index >= 15 is 0 Å². The number of carbonyl (C=O) groups is 1. The summed E-state index contributed by atoms with van der Waals surface area (Å²) >= 11 is 1.57. The molecule has 0 spiro atoms. The van der Waals surface area contributed by atoms with E-state index in [1.165, 1.54) is 0 Å². The molecule has 82 valence electrons. The van der Waals surface area contributed by atoms with Crippen molar-refractivity contribution in [3.8, 4) is 0 Å². The molecule has 1 aromatic rings. The molecule has 0 aliphatic carbocycles. The third kappa shape index (κ3) is 2.54. The molecule has 0 aromatic carbocycles. The van der Waals surface area contributed by atoms with E-state index in [0.29, 0.717) is 12.6 Å². The first kappa shape index (κ1) is 10.6. The van der Waals surface area contributed by atoms with Crippen molar-refractivity contribution >= 4 is 17.2 Å². The van der Waals surface area contributed by atoms with Gasteiger partial charge < -0.3 is 10.6 Å². The summed E-state index contributed by atoms with van der Waals surface area (Å²) in [6, 6.07) is 0.298. The van der Waals surface area contributed by atoms with Crippen LogP contribution in [0.1, 0.15) is 18.2 Å². The molecular formula is C10H15N3OS. The van der Waals surface area contributed by atoms with Gasteiger partial charge in [-0.25, -0.2) is 0 Å². The van der Waals surface area contributed by atoms with Crippen LogP contribution in [0.25, 0.3) is 0 Å². The van der Waals surface area contributed by atoms with Gasteiger partial charge in [0.1, 0.15) is 0 Å². The zero-order valence-corrected chi connectivity index (χ0v) is 9.51. The first-order valence-corrected chi connectivity index (χ1v) is 6.04. The van der Waals surface area contributed by atoms with Crippen molar-refractivity contribution in [3.05, 3.63) is 16.6 Å². The van der Waals surface area contributed by atoms with Gasteiger partial charge in [-0.1, -0.05) is 0 Å². The first-order chi connectivity index (χ1) is 7.27. The van der Waals surface area contributed by atoms with E-state index < -0.39 is 0 Å². The topological polar surface area (TPSA) is 54.0 Å². The molecule has 0 bridgehead atoms. The average Bonchev–Trinajstić information content (AvgIpc) is 2.84. The number of thiazole rings is 1. The van der Waals surface area contributed by atoms with Crippen LogP contribution < -0.4 is 10.6 Å². The maximum Gasteiger partial charge on any atom is 0.225 e. The number of nitrogens with zero attached hydrogens (tertiary/aromatic N) is 1. The molecule has 2 heterocycles. The number of hydrogen-bond acceptors (Lipinski definition) is 4. The molecule has 1 saturated heterocycles. The molecule has 2 rings (SSSR count). The highest BCUT2D eigenvalue weighted by molar-refractivity contribution is 7.09. The summed E-state index contributed by atoms with van der Waals surface area (Å²) in [7, 11) is 0. The number of aromatic nitrogens is 1. The number of amides is 1. The second-order valence-electron chi connectivity index (χ2n) is 3.82. The van der Waals surface area contributed by atoms with E-state index in [4.69, 9.17) is 0 Å². The van der Waals surface area contributed by atoms with Crippen molar-refractivity contribution < 1.29 is 4.79 Å². The van der Waals surface area contributed by atoms with E-state index in [-0.39, 0.29) is 11.8 Å². The maximum absolute atomic E-state index is 11.8. The largest absolute Gasteiger partial charge is 0.351 e. The third-order valence-electron chi connectivity index (χ3n) is 2.78. The molecule has 2 unspecified atom stereocenters. The molecule has 0 saturated carbocycles. The van der Waals surface area contributed by atoms with Gasteiger partial charge in [0.05, 0.1) is 18.0 Å². The van der Waals surface area contributed by atoms with Crippen molar-refractivity contribution in [2.45, 2.75) is 25.9 Å². The fourth-order valence-corrected chi connectivity index (χ4v) is 2.39. The zero-order valence-electron chi connectivity index (χ0n) is 8.69. The molecular weight excluding hydrogens is 210 g/mol. The summed E-state index contributed by atoms with van der Waals surface area (Å²) in [5.41, 5.74) is 1.78. The fourth-order valence-electron chi connectivity index (χ4n) is 1.85. The predicted octanol–water partition coefficient (Wildman–Crippen LogP) is 0.757. The van der Waals surface area contributed by atoms with Crippen molar-refractivity contribution in [1.82, 2.24) is 15.6 Å². The SMILES string of the molecule is CC1NCCC1C(=O)NCc1cncs1. The highest BCUT2D eigenvalue weighted by atomic mass is 32.1. The zero-order chi connectivity index (χ0) is 10.7. The van der Waals surface area contributed by atoms with Gasteiger partial charge in [0.2, 0.25) is 5.91 Å². The number of rotatable bonds is 3. The molecule has 1 aliphatic heterocycles. The lowest BCUT2D eigenvalue weighted by Gasteiger charge is -2.14. The molecule has 1 aromatic heterocycles. The van der Waals surface area contributed by atoms with Crippen LogP contribution >= 0.6 is 11.3 Å².